The van der Waals surface area contributed by atoms with Gasteiger partial charge in [0.15, 0.2) is 0 Å². The molecule has 0 bridgehead atoms. The topological polar surface area (TPSA) is 24.5 Å². The molecule has 1 aromatic carbocycles. The van der Waals surface area contributed by atoms with Gasteiger partial charge in [0, 0.05) is 25.3 Å². The highest BCUT2D eigenvalue weighted by Gasteiger charge is 2.27. The smallest absolute Gasteiger partial charge is 0.0771 e. The number of rotatable bonds is 3. The molecule has 0 radical (unpaired) electrons. The predicted molar refractivity (Wildman–Crippen MR) is 69.4 cm³/mol. The van der Waals surface area contributed by atoms with Crippen molar-refractivity contribution in [3.63, 3.8) is 0 Å². The number of nitrogens with one attached hydrogen (secondary N) is 1. The first-order chi connectivity index (χ1) is 8.42. The minimum absolute atomic E-state index is 0.417. The number of benzene rings is 1. The van der Waals surface area contributed by atoms with E-state index in [0.29, 0.717) is 12.2 Å². The van der Waals surface area contributed by atoms with Crippen molar-refractivity contribution in [2.75, 3.05) is 31.1 Å². The summed E-state index contributed by atoms with van der Waals surface area (Å²) in [7, 11) is 0. The van der Waals surface area contributed by atoms with E-state index in [1.807, 2.05) is 0 Å². The molecule has 2 atom stereocenters. The van der Waals surface area contributed by atoms with Crippen molar-refractivity contribution in [1.82, 2.24) is 5.32 Å². The van der Waals surface area contributed by atoms with Crippen LogP contribution in [0.4, 0.5) is 5.69 Å². The normalized spacial score (nSPS) is 28.8. The maximum absolute atomic E-state index is 6.12. The maximum atomic E-state index is 6.12. The summed E-state index contributed by atoms with van der Waals surface area (Å²) < 4.78 is 6.12. The van der Waals surface area contributed by atoms with E-state index in [1.165, 1.54) is 12.1 Å². The highest BCUT2D eigenvalue weighted by Crippen LogP contribution is 2.22. The third kappa shape index (κ3) is 2.61. The van der Waals surface area contributed by atoms with Gasteiger partial charge in [0.1, 0.15) is 0 Å². The second-order valence-corrected chi connectivity index (χ2v) is 4.94. The van der Waals surface area contributed by atoms with Crippen molar-refractivity contribution in [1.29, 1.82) is 0 Å². The first kappa shape index (κ1) is 11.1. The van der Waals surface area contributed by atoms with Crippen molar-refractivity contribution >= 4 is 5.69 Å². The van der Waals surface area contributed by atoms with E-state index in [-0.39, 0.29) is 0 Å². The van der Waals surface area contributed by atoms with E-state index in [4.69, 9.17) is 4.74 Å². The molecule has 3 rings (SSSR count). The first-order valence-electron chi connectivity index (χ1n) is 6.58. The Labute approximate surface area is 103 Å². The van der Waals surface area contributed by atoms with Gasteiger partial charge in [0.25, 0.3) is 0 Å². The van der Waals surface area contributed by atoms with Gasteiger partial charge in [-0.05, 0) is 31.5 Å². The Kier molecular flexibility index (Phi) is 3.29. The van der Waals surface area contributed by atoms with Crippen molar-refractivity contribution in [2.24, 2.45) is 0 Å². The quantitative estimate of drug-likeness (QED) is 0.857. The highest BCUT2D eigenvalue weighted by molar-refractivity contribution is 5.47. The summed E-state index contributed by atoms with van der Waals surface area (Å²) in [5.74, 6) is 0. The average Bonchev–Trinajstić information content (AvgIpc) is 3.02. The summed E-state index contributed by atoms with van der Waals surface area (Å²) in [5, 5.41) is 3.35. The minimum Gasteiger partial charge on any atom is -0.372 e. The SMILES string of the molecule is c1ccc(N2CCC(OC3CCNC3)C2)cc1. The molecule has 2 heterocycles. The van der Waals surface area contributed by atoms with Crippen LogP contribution < -0.4 is 10.2 Å². The van der Waals surface area contributed by atoms with Crippen molar-refractivity contribution in [3.8, 4) is 0 Å². The Bertz CT molecular complexity index is 348. The van der Waals surface area contributed by atoms with Crippen LogP contribution in [0, 0.1) is 0 Å². The van der Waals surface area contributed by atoms with Crippen LogP contribution in [0.2, 0.25) is 0 Å². The second kappa shape index (κ2) is 5.07. The third-order valence-electron chi connectivity index (χ3n) is 3.67. The molecule has 3 nitrogen and oxygen atoms in total. The molecule has 2 unspecified atom stereocenters. The van der Waals surface area contributed by atoms with Gasteiger partial charge in [0.05, 0.1) is 12.2 Å². The van der Waals surface area contributed by atoms with Gasteiger partial charge in [-0.15, -0.1) is 0 Å². The van der Waals surface area contributed by atoms with Crippen molar-refractivity contribution in [3.05, 3.63) is 30.3 Å². The summed E-state index contributed by atoms with van der Waals surface area (Å²) >= 11 is 0. The van der Waals surface area contributed by atoms with E-state index in [9.17, 15) is 0 Å². The van der Waals surface area contributed by atoms with Crippen molar-refractivity contribution in [2.45, 2.75) is 25.0 Å². The maximum Gasteiger partial charge on any atom is 0.0771 e. The molecule has 0 saturated carbocycles. The lowest BCUT2D eigenvalue weighted by Crippen LogP contribution is -2.27. The monoisotopic (exact) mass is 232 g/mol. The largest absolute Gasteiger partial charge is 0.372 e. The molecule has 1 N–H and O–H groups in total. The van der Waals surface area contributed by atoms with E-state index in [2.05, 4.69) is 40.5 Å². The summed E-state index contributed by atoms with van der Waals surface area (Å²) in [5.41, 5.74) is 1.32. The Morgan fingerprint density at radius 1 is 1.12 bits per heavy atom. The molecule has 2 aliphatic heterocycles. The van der Waals surface area contributed by atoms with Crippen LogP contribution >= 0.6 is 0 Å². The van der Waals surface area contributed by atoms with Gasteiger partial charge >= 0.3 is 0 Å². The van der Waals surface area contributed by atoms with E-state index in [0.717, 1.165) is 32.6 Å². The van der Waals surface area contributed by atoms with Gasteiger partial charge in [-0.2, -0.15) is 0 Å². The molecule has 2 saturated heterocycles. The molecular formula is C14H20N2O. The summed E-state index contributed by atoms with van der Waals surface area (Å²) in [6.45, 7) is 4.30. The first-order valence-corrected chi connectivity index (χ1v) is 6.58. The van der Waals surface area contributed by atoms with Gasteiger partial charge in [-0.1, -0.05) is 18.2 Å². The molecule has 0 amide bonds. The Balaban J connectivity index is 1.55. The molecule has 92 valence electrons. The van der Waals surface area contributed by atoms with Gasteiger partial charge in [-0.25, -0.2) is 0 Å². The molecule has 17 heavy (non-hydrogen) atoms. The standard InChI is InChI=1S/C14H20N2O/c1-2-4-12(5-3-1)16-9-7-14(11-16)17-13-6-8-15-10-13/h1-5,13-15H,6-11H2. The lowest BCUT2D eigenvalue weighted by Gasteiger charge is -2.20. The highest BCUT2D eigenvalue weighted by atomic mass is 16.5. The Hall–Kier alpha value is -1.06. The van der Waals surface area contributed by atoms with Gasteiger partial charge in [-0.3, -0.25) is 0 Å². The fourth-order valence-electron chi connectivity index (χ4n) is 2.73. The van der Waals surface area contributed by atoms with Crippen LogP contribution in [0.1, 0.15) is 12.8 Å². The molecule has 0 aromatic heterocycles. The number of para-hydroxylation sites is 1. The molecule has 3 heteroatoms. The average molecular weight is 232 g/mol. The molecule has 2 fully saturated rings. The lowest BCUT2D eigenvalue weighted by atomic mass is 10.2. The zero-order chi connectivity index (χ0) is 11.5. The van der Waals surface area contributed by atoms with Crippen LogP contribution in [-0.2, 0) is 4.74 Å². The molecule has 0 aliphatic carbocycles. The minimum atomic E-state index is 0.417. The molecule has 2 aliphatic rings. The fourth-order valence-corrected chi connectivity index (χ4v) is 2.73. The van der Waals surface area contributed by atoms with Gasteiger partial charge in [0.2, 0.25) is 0 Å². The Morgan fingerprint density at radius 2 is 2.00 bits per heavy atom. The third-order valence-corrected chi connectivity index (χ3v) is 3.67. The molecule has 0 spiro atoms. The van der Waals surface area contributed by atoms with Gasteiger partial charge < -0.3 is 15.0 Å². The summed E-state index contributed by atoms with van der Waals surface area (Å²) in [4.78, 5) is 2.42. The number of hydrogen-bond donors (Lipinski definition) is 1. The summed E-state index contributed by atoms with van der Waals surface area (Å²) in [6, 6.07) is 10.6. The second-order valence-electron chi connectivity index (χ2n) is 4.94. The van der Waals surface area contributed by atoms with Crippen LogP contribution in [0.15, 0.2) is 30.3 Å². The van der Waals surface area contributed by atoms with Crippen molar-refractivity contribution < 1.29 is 4.74 Å². The zero-order valence-corrected chi connectivity index (χ0v) is 10.1. The summed E-state index contributed by atoms with van der Waals surface area (Å²) in [6.07, 6.45) is 3.18. The Morgan fingerprint density at radius 3 is 2.76 bits per heavy atom. The molecule has 1 aromatic rings. The van der Waals surface area contributed by atoms with E-state index in [1.54, 1.807) is 0 Å². The number of nitrogens with zero attached hydrogens (tertiary/aromatic N) is 1. The van der Waals surface area contributed by atoms with Crippen LogP contribution in [0.25, 0.3) is 0 Å². The predicted octanol–water partition coefficient (Wildman–Crippen LogP) is 1.64. The fraction of sp³-hybridized carbons (Fsp3) is 0.571. The van der Waals surface area contributed by atoms with Crippen LogP contribution in [-0.4, -0.2) is 38.4 Å². The number of ether oxygens (including phenoxy) is 1. The van der Waals surface area contributed by atoms with E-state index < -0.39 is 0 Å². The van der Waals surface area contributed by atoms with E-state index >= 15 is 0 Å². The van der Waals surface area contributed by atoms with Crippen LogP contribution in [0.5, 0.6) is 0 Å². The molecular weight excluding hydrogens is 212 g/mol. The number of anilines is 1. The zero-order valence-electron chi connectivity index (χ0n) is 10.1. The van der Waals surface area contributed by atoms with Crippen LogP contribution in [0.3, 0.4) is 0 Å². The number of hydrogen-bond acceptors (Lipinski definition) is 3. The lowest BCUT2D eigenvalue weighted by molar-refractivity contribution is 0.0116.